The molecular weight excluding hydrogens is 416 g/mol. The van der Waals surface area contributed by atoms with Crippen LogP contribution in [0.3, 0.4) is 0 Å². The fourth-order valence-corrected chi connectivity index (χ4v) is 5.61. The molecular formula is C14H22INSeSi. The van der Waals surface area contributed by atoms with Crippen LogP contribution in [0.5, 0.6) is 0 Å². The summed E-state index contributed by atoms with van der Waals surface area (Å²) in [7, 11) is 1.38. The molecule has 0 aliphatic carbocycles. The van der Waals surface area contributed by atoms with Gasteiger partial charge < -0.3 is 24.0 Å². The molecule has 0 bridgehead atoms. The number of aryl methyl sites for hydroxylation is 2. The molecule has 0 unspecified atom stereocenters. The molecule has 100 valence electrons. The van der Waals surface area contributed by atoms with Gasteiger partial charge in [0.25, 0.3) is 0 Å². The van der Waals surface area contributed by atoms with Gasteiger partial charge in [0.15, 0.2) is 0 Å². The molecule has 0 N–H and O–H groups in total. The molecule has 0 atom stereocenters. The van der Waals surface area contributed by atoms with Crippen LogP contribution in [0.25, 0.3) is 9.65 Å². The minimum atomic E-state index is -0.870. The summed E-state index contributed by atoms with van der Waals surface area (Å²) in [6.45, 7) is 7.40. The maximum Gasteiger partial charge on any atom is -1.00 e. The first-order chi connectivity index (χ1) is 7.97. The number of halogens is 1. The Bertz CT molecular complexity index is 516. The number of aromatic nitrogens is 1. The van der Waals surface area contributed by atoms with Crippen molar-refractivity contribution in [2.24, 2.45) is 7.05 Å². The number of benzene rings is 1. The molecule has 2 aromatic rings. The Hall–Kier alpha value is 0.356. The van der Waals surface area contributed by atoms with Crippen LogP contribution in [-0.4, -0.2) is 22.8 Å². The normalized spacial score (nSPS) is 11.6. The van der Waals surface area contributed by atoms with Gasteiger partial charge in [-0.25, -0.2) is 0 Å². The second kappa shape index (κ2) is 6.68. The van der Waals surface area contributed by atoms with Crippen molar-refractivity contribution < 1.29 is 27.5 Å². The summed E-state index contributed by atoms with van der Waals surface area (Å²) in [5.41, 5.74) is 1.58. The summed E-state index contributed by atoms with van der Waals surface area (Å²) in [5.74, 6) is 0. The fraction of sp³-hybridized carbons (Fsp3) is 0.500. The minimum Gasteiger partial charge on any atom is -1.00 e. The third kappa shape index (κ3) is 4.19. The predicted octanol–water partition coefficient (Wildman–Crippen LogP) is -0.00390. The Morgan fingerprint density at radius 1 is 1.17 bits per heavy atom. The van der Waals surface area contributed by atoms with E-state index in [1.807, 2.05) is 0 Å². The predicted molar refractivity (Wildman–Crippen MR) is 78.5 cm³/mol. The van der Waals surface area contributed by atoms with Gasteiger partial charge in [0.1, 0.15) is 0 Å². The number of fused-ring (bicyclic) bond motifs is 1. The molecule has 4 heteroatoms. The van der Waals surface area contributed by atoms with Crippen LogP contribution in [-0.2, 0) is 13.5 Å². The maximum atomic E-state index is 2.49. The molecule has 0 aliphatic heterocycles. The van der Waals surface area contributed by atoms with Crippen molar-refractivity contribution in [2.75, 3.05) is 0 Å². The van der Waals surface area contributed by atoms with Gasteiger partial charge in [-0.3, -0.25) is 0 Å². The first-order valence-electron chi connectivity index (χ1n) is 6.34. The van der Waals surface area contributed by atoms with Crippen LogP contribution in [0.2, 0.25) is 25.7 Å². The van der Waals surface area contributed by atoms with Crippen LogP contribution in [0.4, 0.5) is 0 Å². The molecule has 1 heterocycles. The Kier molecular flexibility index (Phi) is 6.09. The molecule has 18 heavy (non-hydrogen) atoms. The maximum absolute atomic E-state index is 2.49. The molecule has 1 aromatic carbocycles. The van der Waals surface area contributed by atoms with Gasteiger partial charge in [-0.15, -0.1) is 0 Å². The summed E-state index contributed by atoms with van der Waals surface area (Å²) >= 11 is 0.519. The van der Waals surface area contributed by atoms with Crippen molar-refractivity contribution >= 4 is 32.5 Å². The summed E-state index contributed by atoms with van der Waals surface area (Å²) in [6.07, 6.45) is 2.62. The first kappa shape index (κ1) is 16.4. The zero-order chi connectivity index (χ0) is 12.5. The topological polar surface area (TPSA) is 3.88 Å². The minimum absolute atomic E-state index is 0. The van der Waals surface area contributed by atoms with Crippen LogP contribution < -0.4 is 27.5 Å². The second-order valence-corrected chi connectivity index (χ2v) is 14.0. The molecule has 0 saturated carbocycles. The Morgan fingerprint density at radius 2 is 1.83 bits per heavy atom. The van der Waals surface area contributed by atoms with Crippen molar-refractivity contribution in [3.05, 3.63) is 30.0 Å². The Balaban J connectivity index is 0.00000162. The Labute approximate surface area is 135 Å². The average Bonchev–Trinajstić information content (AvgIpc) is 2.54. The molecule has 2 rings (SSSR count). The number of rotatable bonds is 4. The summed E-state index contributed by atoms with van der Waals surface area (Å²) in [4.78, 5) is 0. The van der Waals surface area contributed by atoms with E-state index in [0.29, 0.717) is 14.7 Å². The zero-order valence-electron chi connectivity index (χ0n) is 11.7. The molecule has 1 nitrogen and oxygen atoms in total. The van der Waals surface area contributed by atoms with Gasteiger partial charge in [-0.1, -0.05) is 0 Å². The average molecular weight is 438 g/mol. The third-order valence-corrected chi connectivity index (χ3v) is 7.20. The molecule has 1 aromatic heterocycles. The number of hydrogen-bond acceptors (Lipinski definition) is 0. The van der Waals surface area contributed by atoms with Gasteiger partial charge in [0, 0.05) is 0 Å². The standard InChI is InChI=1S/C14H22NSeSi.HI/c1-15-13(9-7-11-17(2,3)4)12-8-5-6-10-14(12)16-15;/h5-6,8,10H,7,9,11H2,1-4H3;1H/q+1;/p-1. The monoisotopic (exact) mass is 439 g/mol. The number of hydrogen-bond donors (Lipinski definition) is 0. The van der Waals surface area contributed by atoms with Crippen molar-refractivity contribution in [3.8, 4) is 0 Å². The van der Waals surface area contributed by atoms with Crippen LogP contribution >= 0.6 is 0 Å². The third-order valence-electron chi connectivity index (χ3n) is 3.15. The van der Waals surface area contributed by atoms with Gasteiger partial charge >= 0.3 is 112 Å². The summed E-state index contributed by atoms with van der Waals surface area (Å²) in [6, 6.07) is 10.4. The van der Waals surface area contributed by atoms with Crippen molar-refractivity contribution in [3.63, 3.8) is 0 Å². The van der Waals surface area contributed by atoms with E-state index in [4.69, 9.17) is 0 Å². The molecule has 0 amide bonds. The summed E-state index contributed by atoms with van der Waals surface area (Å²) < 4.78 is 4.05. The van der Waals surface area contributed by atoms with E-state index in [0.717, 1.165) is 0 Å². The van der Waals surface area contributed by atoms with Crippen LogP contribution in [0.15, 0.2) is 24.3 Å². The van der Waals surface area contributed by atoms with E-state index in [1.54, 1.807) is 9.95 Å². The smallest absolute Gasteiger partial charge is 1.00 e. The van der Waals surface area contributed by atoms with Crippen molar-refractivity contribution in [2.45, 2.75) is 38.5 Å². The SMILES string of the molecule is C[n+]1[se]c2ccccc2c1CCC[Si](C)(C)C.[I-]. The Morgan fingerprint density at radius 3 is 2.50 bits per heavy atom. The van der Waals surface area contributed by atoms with Crippen LogP contribution in [0.1, 0.15) is 12.1 Å². The first-order valence-corrected chi connectivity index (χ1v) is 11.7. The van der Waals surface area contributed by atoms with E-state index in [9.17, 15) is 0 Å². The van der Waals surface area contributed by atoms with Gasteiger partial charge in [0.2, 0.25) is 0 Å². The van der Waals surface area contributed by atoms with Crippen LogP contribution in [0, 0.1) is 0 Å². The van der Waals surface area contributed by atoms with E-state index >= 15 is 0 Å². The quantitative estimate of drug-likeness (QED) is 0.468. The van der Waals surface area contributed by atoms with Crippen molar-refractivity contribution in [1.29, 1.82) is 0 Å². The second-order valence-electron chi connectivity index (χ2n) is 5.95. The van der Waals surface area contributed by atoms with Crippen molar-refractivity contribution in [1.82, 2.24) is 0 Å². The van der Waals surface area contributed by atoms with E-state index in [1.165, 1.54) is 24.3 Å². The fourth-order valence-electron chi connectivity index (χ4n) is 2.24. The molecule has 0 saturated heterocycles. The molecule has 0 radical (unpaired) electrons. The molecule has 0 fully saturated rings. The van der Waals surface area contributed by atoms with Gasteiger partial charge in [0.05, 0.1) is 0 Å². The zero-order valence-corrected chi connectivity index (χ0v) is 16.5. The molecule has 0 spiro atoms. The largest absolute Gasteiger partial charge is 1.00 e. The van der Waals surface area contributed by atoms with Gasteiger partial charge in [-0.2, -0.15) is 0 Å². The van der Waals surface area contributed by atoms with Gasteiger partial charge in [-0.05, 0) is 0 Å². The van der Waals surface area contributed by atoms with E-state index in [-0.39, 0.29) is 24.0 Å². The number of nitrogens with zero attached hydrogens (tertiary/aromatic N) is 1. The molecule has 0 aliphatic rings. The van der Waals surface area contributed by atoms with E-state index in [2.05, 4.69) is 54.5 Å². The summed E-state index contributed by atoms with van der Waals surface area (Å²) in [5, 5.41) is 1.52. The van der Waals surface area contributed by atoms with E-state index < -0.39 is 8.07 Å².